The lowest BCUT2D eigenvalue weighted by molar-refractivity contribution is -0.127. The summed E-state index contributed by atoms with van der Waals surface area (Å²) in [5.41, 5.74) is 0. The van der Waals surface area contributed by atoms with Gasteiger partial charge in [0.05, 0.1) is 18.8 Å². The van der Waals surface area contributed by atoms with E-state index in [0.29, 0.717) is 5.96 Å². The number of rotatable bonds is 4. The Hall–Kier alpha value is -1.87. The standard InChI is InChI=1S/C12H21N5O4/c1-6(18)4-13-11-14-9-8(17(11)5-7(2)19)10(20)15-12(21)16(9)3/h6-9,18-19H,4-5H2,1-3H3,(H,13,14)(H,15,20,21). The average Bonchev–Trinajstić information content (AvgIpc) is 2.72. The van der Waals surface area contributed by atoms with Gasteiger partial charge in [-0.05, 0) is 13.8 Å². The summed E-state index contributed by atoms with van der Waals surface area (Å²) >= 11 is 0. The Balaban J connectivity index is 2.28. The van der Waals surface area contributed by atoms with E-state index in [9.17, 15) is 19.8 Å². The summed E-state index contributed by atoms with van der Waals surface area (Å²) in [5, 5.41) is 24.2. The number of carbonyl (C=O) groups is 2. The predicted octanol–water partition coefficient (Wildman–Crippen LogP) is -2.11. The van der Waals surface area contributed by atoms with E-state index in [4.69, 9.17) is 0 Å². The normalized spacial score (nSPS) is 30.0. The molecule has 2 heterocycles. The Bertz CT molecular complexity index is 465. The summed E-state index contributed by atoms with van der Waals surface area (Å²) in [6.45, 7) is 3.57. The molecule has 0 aromatic rings. The van der Waals surface area contributed by atoms with Crippen molar-refractivity contribution in [2.24, 2.45) is 4.99 Å². The molecule has 0 spiro atoms. The van der Waals surface area contributed by atoms with Crippen LogP contribution in [0.25, 0.3) is 0 Å². The number of aliphatic hydroxyl groups is 2. The SMILES string of the molecule is CC(O)CN=C1NC2C(C(=O)NC(=O)N2C)N1CC(C)O. The van der Waals surface area contributed by atoms with Crippen molar-refractivity contribution in [3.05, 3.63) is 0 Å². The molecule has 118 valence electrons. The second kappa shape index (κ2) is 5.86. The van der Waals surface area contributed by atoms with Gasteiger partial charge in [0, 0.05) is 13.6 Å². The smallest absolute Gasteiger partial charge is 0.325 e. The van der Waals surface area contributed by atoms with Crippen molar-refractivity contribution < 1.29 is 19.8 Å². The molecule has 0 radical (unpaired) electrons. The molecule has 2 saturated heterocycles. The fourth-order valence-electron chi connectivity index (χ4n) is 2.42. The lowest BCUT2D eigenvalue weighted by Gasteiger charge is -2.35. The summed E-state index contributed by atoms with van der Waals surface area (Å²) in [4.78, 5) is 31.0. The van der Waals surface area contributed by atoms with Crippen LogP contribution in [0.4, 0.5) is 4.79 Å². The number of fused-ring (bicyclic) bond motifs is 1. The van der Waals surface area contributed by atoms with Crippen molar-refractivity contribution >= 4 is 17.9 Å². The number of guanidine groups is 1. The van der Waals surface area contributed by atoms with Crippen molar-refractivity contribution in [2.75, 3.05) is 20.1 Å². The molecule has 9 nitrogen and oxygen atoms in total. The first-order valence-electron chi connectivity index (χ1n) is 6.82. The van der Waals surface area contributed by atoms with E-state index in [2.05, 4.69) is 15.6 Å². The second-order valence-corrected chi connectivity index (χ2v) is 5.45. The highest BCUT2D eigenvalue weighted by Crippen LogP contribution is 2.20. The molecule has 0 saturated carbocycles. The van der Waals surface area contributed by atoms with Crippen LogP contribution in [-0.2, 0) is 4.79 Å². The van der Waals surface area contributed by atoms with Gasteiger partial charge in [-0.3, -0.25) is 15.1 Å². The number of hydrogen-bond acceptors (Lipinski definition) is 5. The molecule has 9 heteroatoms. The van der Waals surface area contributed by atoms with Gasteiger partial charge in [0.15, 0.2) is 12.0 Å². The number of carbonyl (C=O) groups excluding carboxylic acids is 2. The van der Waals surface area contributed by atoms with Crippen LogP contribution in [0.2, 0.25) is 0 Å². The van der Waals surface area contributed by atoms with Crippen LogP contribution >= 0.6 is 0 Å². The third-order valence-electron chi connectivity index (χ3n) is 3.39. The number of aliphatic imine (C=N–C) groups is 1. The number of nitrogens with one attached hydrogen (secondary N) is 2. The quantitative estimate of drug-likeness (QED) is 0.472. The molecule has 4 atom stereocenters. The number of likely N-dealkylation sites (N-methyl/N-ethyl adjacent to an activating group) is 1. The summed E-state index contributed by atoms with van der Waals surface area (Å²) < 4.78 is 0. The molecule has 2 aliphatic rings. The molecule has 3 amide bonds. The van der Waals surface area contributed by atoms with E-state index in [1.54, 1.807) is 25.8 Å². The second-order valence-electron chi connectivity index (χ2n) is 5.45. The van der Waals surface area contributed by atoms with Crippen LogP contribution in [0.15, 0.2) is 4.99 Å². The molecular weight excluding hydrogens is 278 g/mol. The molecule has 21 heavy (non-hydrogen) atoms. The lowest BCUT2D eigenvalue weighted by atomic mass is 10.1. The summed E-state index contributed by atoms with van der Waals surface area (Å²) in [6, 6.07) is -1.14. The highest BCUT2D eigenvalue weighted by molar-refractivity contribution is 6.04. The first-order valence-corrected chi connectivity index (χ1v) is 6.82. The third kappa shape index (κ3) is 3.08. The summed E-state index contributed by atoms with van der Waals surface area (Å²) in [5.74, 6) is -0.0398. The van der Waals surface area contributed by atoms with Gasteiger partial charge in [-0.2, -0.15) is 0 Å². The number of urea groups is 1. The zero-order chi connectivity index (χ0) is 15.7. The van der Waals surface area contributed by atoms with Crippen LogP contribution in [-0.4, -0.2) is 82.5 Å². The van der Waals surface area contributed by atoms with Crippen LogP contribution in [0, 0.1) is 0 Å². The minimum atomic E-state index is -0.668. The van der Waals surface area contributed by atoms with E-state index in [-0.39, 0.29) is 13.1 Å². The fraction of sp³-hybridized carbons (Fsp3) is 0.750. The third-order valence-corrected chi connectivity index (χ3v) is 3.39. The molecule has 4 N–H and O–H groups in total. The number of aliphatic hydroxyl groups excluding tert-OH is 2. The number of β-amino-alcohol motifs (C(OH)–C–C–N with tert-alkyl or cyclic N) is 1. The van der Waals surface area contributed by atoms with Crippen LogP contribution in [0.3, 0.4) is 0 Å². The summed E-state index contributed by atoms with van der Waals surface area (Å²) in [7, 11) is 1.57. The van der Waals surface area contributed by atoms with E-state index < -0.39 is 36.4 Å². The molecule has 2 aliphatic heterocycles. The van der Waals surface area contributed by atoms with Gasteiger partial charge in [0.25, 0.3) is 5.91 Å². The molecule has 0 aromatic carbocycles. The minimum Gasteiger partial charge on any atom is -0.392 e. The average molecular weight is 299 g/mol. The number of amides is 3. The first kappa shape index (κ1) is 15.5. The van der Waals surface area contributed by atoms with Crippen molar-refractivity contribution in [1.82, 2.24) is 20.4 Å². The Morgan fingerprint density at radius 1 is 1.29 bits per heavy atom. The van der Waals surface area contributed by atoms with E-state index in [1.807, 2.05) is 0 Å². The van der Waals surface area contributed by atoms with Crippen molar-refractivity contribution in [1.29, 1.82) is 0 Å². The molecule has 2 rings (SSSR count). The zero-order valence-corrected chi connectivity index (χ0v) is 12.3. The molecule has 0 bridgehead atoms. The topological polar surface area (TPSA) is 117 Å². The van der Waals surface area contributed by atoms with Crippen LogP contribution in [0.5, 0.6) is 0 Å². The van der Waals surface area contributed by atoms with Crippen LogP contribution < -0.4 is 10.6 Å². The van der Waals surface area contributed by atoms with Crippen molar-refractivity contribution in [2.45, 2.75) is 38.3 Å². The number of imide groups is 1. The van der Waals surface area contributed by atoms with Crippen LogP contribution in [0.1, 0.15) is 13.8 Å². The molecule has 0 aromatic heterocycles. The Morgan fingerprint density at radius 2 is 1.95 bits per heavy atom. The molecular formula is C12H21N5O4. The van der Waals surface area contributed by atoms with Gasteiger partial charge in [0.2, 0.25) is 0 Å². The molecule has 2 fully saturated rings. The van der Waals surface area contributed by atoms with Crippen molar-refractivity contribution in [3.8, 4) is 0 Å². The van der Waals surface area contributed by atoms with E-state index in [1.165, 1.54) is 4.90 Å². The maximum atomic E-state index is 12.1. The molecule has 4 unspecified atom stereocenters. The Labute approximate surface area is 122 Å². The Kier molecular flexibility index (Phi) is 4.33. The maximum absolute atomic E-state index is 12.1. The highest BCUT2D eigenvalue weighted by atomic mass is 16.3. The predicted molar refractivity (Wildman–Crippen MR) is 74.4 cm³/mol. The van der Waals surface area contributed by atoms with E-state index >= 15 is 0 Å². The Morgan fingerprint density at radius 3 is 2.52 bits per heavy atom. The van der Waals surface area contributed by atoms with Gasteiger partial charge in [0.1, 0.15) is 6.17 Å². The monoisotopic (exact) mass is 299 g/mol. The summed E-state index contributed by atoms with van der Waals surface area (Å²) in [6.07, 6.45) is -1.83. The van der Waals surface area contributed by atoms with Gasteiger partial charge < -0.3 is 25.3 Å². The number of nitrogens with zero attached hydrogens (tertiary/aromatic N) is 3. The molecule has 0 aliphatic carbocycles. The van der Waals surface area contributed by atoms with E-state index in [0.717, 1.165) is 0 Å². The van der Waals surface area contributed by atoms with Gasteiger partial charge in [-0.15, -0.1) is 0 Å². The minimum absolute atomic E-state index is 0.164. The highest BCUT2D eigenvalue weighted by Gasteiger charge is 2.49. The fourth-order valence-corrected chi connectivity index (χ4v) is 2.42. The lowest BCUT2D eigenvalue weighted by Crippen LogP contribution is -2.65. The van der Waals surface area contributed by atoms with Crippen molar-refractivity contribution in [3.63, 3.8) is 0 Å². The zero-order valence-electron chi connectivity index (χ0n) is 12.3. The van der Waals surface area contributed by atoms with Gasteiger partial charge in [-0.25, -0.2) is 4.79 Å². The van der Waals surface area contributed by atoms with Gasteiger partial charge >= 0.3 is 6.03 Å². The first-order chi connectivity index (χ1) is 9.81. The van der Waals surface area contributed by atoms with Gasteiger partial charge in [-0.1, -0.05) is 0 Å². The largest absolute Gasteiger partial charge is 0.392 e. The maximum Gasteiger partial charge on any atom is 0.325 e. The number of hydrogen-bond donors (Lipinski definition) is 4.